The number of nitrogens with one attached hydrogen (secondary N) is 1. The molecule has 1 aromatic carbocycles. The molecule has 2 fully saturated rings. The molecule has 11 nitrogen and oxygen atoms in total. The van der Waals surface area contributed by atoms with E-state index in [1.54, 1.807) is 6.07 Å². The number of rotatable bonds is 4. The molecule has 0 aliphatic carbocycles. The Morgan fingerprint density at radius 2 is 1.86 bits per heavy atom. The summed E-state index contributed by atoms with van der Waals surface area (Å²) >= 11 is 0. The van der Waals surface area contributed by atoms with Crippen molar-refractivity contribution in [2.45, 2.75) is 26.3 Å². The van der Waals surface area contributed by atoms with Gasteiger partial charge in [0.15, 0.2) is 21.3 Å². The standard InChI is InChI=1S/C24H28N6O5S/c1-15-23(16(2)30(27-15)18-5-10-36(32,33)13-18)28-6-8-29(9-7-28)24(31)20-12-19(25-26-20)17-3-4-21-22(11-17)35-14-34-21/h3-4,11-12,18H,5-10,13-14H2,1-2H3,(H,25,26). The second kappa shape index (κ2) is 8.54. The molecular weight excluding hydrogens is 484 g/mol. The molecule has 3 aliphatic rings. The van der Waals surface area contributed by atoms with E-state index in [1.165, 1.54) is 0 Å². The van der Waals surface area contributed by atoms with Gasteiger partial charge in [-0.05, 0) is 44.5 Å². The summed E-state index contributed by atoms with van der Waals surface area (Å²) in [5, 5.41) is 11.9. The molecule has 6 rings (SSSR count). The number of anilines is 1. The first-order valence-electron chi connectivity index (χ1n) is 12.0. The SMILES string of the molecule is Cc1nn(C2CCS(=O)(=O)C2)c(C)c1N1CCN(C(=O)c2cc(-c3ccc4c(c3)OCO4)n[nH]2)CC1. The van der Waals surface area contributed by atoms with Crippen molar-refractivity contribution in [2.75, 3.05) is 49.4 Å². The van der Waals surface area contributed by atoms with Crippen molar-refractivity contribution < 1.29 is 22.7 Å². The average molecular weight is 513 g/mol. The lowest BCUT2D eigenvalue weighted by Gasteiger charge is -2.36. The van der Waals surface area contributed by atoms with Crippen molar-refractivity contribution in [3.8, 4) is 22.8 Å². The number of piperazine rings is 1. The number of hydrogen-bond donors (Lipinski definition) is 1. The lowest BCUT2D eigenvalue weighted by Crippen LogP contribution is -2.49. The van der Waals surface area contributed by atoms with Gasteiger partial charge in [-0.1, -0.05) is 0 Å². The number of H-pyrrole nitrogens is 1. The summed E-state index contributed by atoms with van der Waals surface area (Å²) in [6.45, 7) is 6.65. The number of ether oxygens (including phenoxy) is 2. The Morgan fingerprint density at radius 3 is 2.61 bits per heavy atom. The maximum absolute atomic E-state index is 13.2. The molecule has 0 radical (unpaired) electrons. The molecule has 12 heteroatoms. The molecule has 3 aromatic rings. The van der Waals surface area contributed by atoms with Crippen LogP contribution in [0.15, 0.2) is 24.3 Å². The van der Waals surface area contributed by atoms with Crippen LogP contribution in [-0.2, 0) is 9.84 Å². The van der Waals surface area contributed by atoms with Crippen molar-refractivity contribution in [3.05, 3.63) is 41.3 Å². The van der Waals surface area contributed by atoms with Gasteiger partial charge < -0.3 is 19.3 Å². The number of aromatic amines is 1. The van der Waals surface area contributed by atoms with E-state index in [2.05, 4.69) is 20.2 Å². The van der Waals surface area contributed by atoms with Crippen LogP contribution in [0.2, 0.25) is 0 Å². The lowest BCUT2D eigenvalue weighted by molar-refractivity contribution is 0.0740. The summed E-state index contributed by atoms with van der Waals surface area (Å²) in [6, 6.07) is 7.25. The molecule has 3 aliphatic heterocycles. The number of carbonyl (C=O) groups is 1. The van der Waals surface area contributed by atoms with Gasteiger partial charge in [0.1, 0.15) is 5.69 Å². The van der Waals surface area contributed by atoms with Crippen LogP contribution in [0.3, 0.4) is 0 Å². The van der Waals surface area contributed by atoms with Gasteiger partial charge in [-0.25, -0.2) is 8.42 Å². The lowest BCUT2D eigenvalue weighted by atomic mass is 10.1. The minimum Gasteiger partial charge on any atom is -0.454 e. The summed E-state index contributed by atoms with van der Waals surface area (Å²) in [6.07, 6.45) is 0.602. The second-order valence-electron chi connectivity index (χ2n) is 9.54. The summed E-state index contributed by atoms with van der Waals surface area (Å²) in [7, 11) is -2.99. The van der Waals surface area contributed by atoms with Crippen LogP contribution in [0.1, 0.15) is 34.3 Å². The van der Waals surface area contributed by atoms with Crippen LogP contribution in [-0.4, -0.2) is 83.7 Å². The molecule has 0 bridgehead atoms. The van der Waals surface area contributed by atoms with Gasteiger partial charge in [-0.15, -0.1) is 0 Å². The second-order valence-corrected chi connectivity index (χ2v) is 11.8. The van der Waals surface area contributed by atoms with Gasteiger partial charge in [-0.3, -0.25) is 14.6 Å². The Kier molecular flexibility index (Phi) is 5.43. The molecule has 1 N–H and O–H groups in total. The number of benzene rings is 1. The Labute approximate surface area is 208 Å². The van der Waals surface area contributed by atoms with Crippen LogP contribution in [0.25, 0.3) is 11.3 Å². The van der Waals surface area contributed by atoms with E-state index in [1.807, 2.05) is 41.6 Å². The summed E-state index contributed by atoms with van der Waals surface area (Å²) in [5.41, 5.74) is 4.87. The highest BCUT2D eigenvalue weighted by Gasteiger charge is 2.33. The molecule has 2 aromatic heterocycles. The fraction of sp³-hybridized carbons (Fsp3) is 0.458. The van der Waals surface area contributed by atoms with Crippen molar-refractivity contribution >= 4 is 21.4 Å². The fourth-order valence-electron chi connectivity index (χ4n) is 5.37. The maximum Gasteiger partial charge on any atom is 0.272 e. The van der Waals surface area contributed by atoms with Crippen molar-refractivity contribution in [3.63, 3.8) is 0 Å². The van der Waals surface area contributed by atoms with E-state index >= 15 is 0 Å². The topological polar surface area (TPSA) is 123 Å². The Morgan fingerprint density at radius 1 is 1.08 bits per heavy atom. The Balaban J connectivity index is 1.13. The number of fused-ring (bicyclic) bond motifs is 1. The van der Waals surface area contributed by atoms with E-state index < -0.39 is 9.84 Å². The first-order valence-corrected chi connectivity index (χ1v) is 13.9. The minimum atomic E-state index is -2.99. The first kappa shape index (κ1) is 22.9. The molecule has 1 amide bonds. The van der Waals surface area contributed by atoms with E-state index in [0.29, 0.717) is 55.5 Å². The largest absolute Gasteiger partial charge is 0.454 e. The molecule has 190 valence electrons. The van der Waals surface area contributed by atoms with Gasteiger partial charge >= 0.3 is 0 Å². The monoisotopic (exact) mass is 512 g/mol. The minimum absolute atomic E-state index is 0.0885. The zero-order chi connectivity index (χ0) is 25.0. The van der Waals surface area contributed by atoms with E-state index in [-0.39, 0.29) is 30.2 Å². The van der Waals surface area contributed by atoms with Gasteiger partial charge in [0.05, 0.1) is 40.3 Å². The zero-order valence-corrected chi connectivity index (χ0v) is 21.0. The average Bonchev–Trinajstić information content (AvgIpc) is 3.65. The van der Waals surface area contributed by atoms with Gasteiger partial charge in [0, 0.05) is 31.7 Å². The first-order chi connectivity index (χ1) is 17.3. The molecule has 0 saturated carbocycles. The van der Waals surface area contributed by atoms with Crippen molar-refractivity contribution in [2.24, 2.45) is 0 Å². The number of amides is 1. The molecule has 5 heterocycles. The Bertz CT molecular complexity index is 1440. The highest BCUT2D eigenvalue weighted by atomic mass is 32.2. The maximum atomic E-state index is 13.2. The predicted molar refractivity (Wildman–Crippen MR) is 132 cm³/mol. The van der Waals surface area contributed by atoms with Crippen LogP contribution >= 0.6 is 0 Å². The Hall–Kier alpha value is -3.54. The smallest absolute Gasteiger partial charge is 0.272 e. The summed E-state index contributed by atoms with van der Waals surface area (Å²) in [4.78, 5) is 17.2. The zero-order valence-electron chi connectivity index (χ0n) is 20.2. The third-order valence-corrected chi connectivity index (χ3v) is 8.95. The third-order valence-electron chi connectivity index (χ3n) is 7.20. The normalized spacial score (nSPS) is 20.8. The number of aryl methyl sites for hydroxylation is 1. The number of aromatic nitrogens is 4. The van der Waals surface area contributed by atoms with E-state index in [9.17, 15) is 13.2 Å². The van der Waals surface area contributed by atoms with Gasteiger partial charge in [0.2, 0.25) is 6.79 Å². The predicted octanol–water partition coefficient (Wildman–Crippen LogP) is 1.94. The molecule has 1 unspecified atom stereocenters. The fourth-order valence-corrected chi connectivity index (χ4v) is 7.07. The van der Waals surface area contributed by atoms with E-state index in [0.717, 1.165) is 22.6 Å². The molecule has 1 atom stereocenters. The molecule has 36 heavy (non-hydrogen) atoms. The number of carbonyl (C=O) groups excluding carboxylic acids is 1. The van der Waals surface area contributed by atoms with Crippen LogP contribution in [0, 0.1) is 13.8 Å². The van der Waals surface area contributed by atoms with Crippen molar-refractivity contribution in [1.29, 1.82) is 0 Å². The number of sulfone groups is 1. The summed E-state index contributed by atoms with van der Waals surface area (Å²) in [5.74, 6) is 1.65. The number of nitrogens with zero attached hydrogens (tertiary/aromatic N) is 5. The molecule has 0 spiro atoms. The third kappa shape index (κ3) is 3.98. The van der Waals surface area contributed by atoms with Crippen LogP contribution in [0.4, 0.5) is 5.69 Å². The number of hydrogen-bond acceptors (Lipinski definition) is 8. The van der Waals surface area contributed by atoms with Crippen molar-refractivity contribution in [1.82, 2.24) is 24.9 Å². The van der Waals surface area contributed by atoms with Gasteiger partial charge in [0.25, 0.3) is 5.91 Å². The van der Waals surface area contributed by atoms with Crippen LogP contribution in [0.5, 0.6) is 11.5 Å². The molecular formula is C24H28N6O5S. The van der Waals surface area contributed by atoms with Gasteiger partial charge in [-0.2, -0.15) is 10.2 Å². The highest BCUT2D eigenvalue weighted by molar-refractivity contribution is 7.91. The molecule has 2 saturated heterocycles. The quantitative estimate of drug-likeness (QED) is 0.563. The highest BCUT2D eigenvalue weighted by Crippen LogP contribution is 2.36. The van der Waals surface area contributed by atoms with Crippen LogP contribution < -0.4 is 14.4 Å². The van der Waals surface area contributed by atoms with E-state index in [4.69, 9.17) is 9.47 Å². The summed E-state index contributed by atoms with van der Waals surface area (Å²) < 4.78 is 36.6.